The molecule has 11 heteroatoms. The van der Waals surface area contributed by atoms with E-state index in [-0.39, 0.29) is 23.8 Å². The first-order valence-electron chi connectivity index (χ1n) is 10.7. The molecule has 0 fully saturated rings. The van der Waals surface area contributed by atoms with Gasteiger partial charge in [-0.25, -0.2) is 4.79 Å². The quantitative estimate of drug-likeness (QED) is 0.206. The molecule has 4 atom stereocenters. The molecule has 0 aliphatic heterocycles. The number of thiol groups is 1. The third-order valence-electron chi connectivity index (χ3n) is 5.08. The van der Waals surface area contributed by atoms with E-state index in [4.69, 9.17) is 5.73 Å². The minimum absolute atomic E-state index is 0.0288. The number of rotatable bonds is 12. The summed E-state index contributed by atoms with van der Waals surface area (Å²) in [7, 11) is 0. The Labute approximate surface area is 199 Å². The zero-order valence-corrected chi connectivity index (χ0v) is 20.1. The molecular formula is C22H34N4O6S. The van der Waals surface area contributed by atoms with Crippen molar-refractivity contribution in [2.75, 3.05) is 5.75 Å². The fourth-order valence-corrected chi connectivity index (χ4v) is 3.14. The Balaban J connectivity index is 3.07. The number of carboxylic acids is 1. The van der Waals surface area contributed by atoms with E-state index in [0.717, 1.165) is 0 Å². The van der Waals surface area contributed by atoms with E-state index in [1.165, 1.54) is 12.1 Å². The molecule has 10 nitrogen and oxygen atoms in total. The molecular weight excluding hydrogens is 448 g/mol. The molecule has 0 bridgehead atoms. The second-order valence-corrected chi connectivity index (χ2v) is 8.88. The van der Waals surface area contributed by atoms with Gasteiger partial charge in [0.05, 0.1) is 6.04 Å². The Kier molecular flexibility index (Phi) is 11.2. The maximum atomic E-state index is 12.9. The number of carboxylic acid groups (broad SMARTS) is 1. The van der Waals surface area contributed by atoms with Crippen LogP contribution in [-0.4, -0.2) is 63.8 Å². The first-order chi connectivity index (χ1) is 15.4. The lowest BCUT2D eigenvalue weighted by Crippen LogP contribution is -2.59. The van der Waals surface area contributed by atoms with Crippen LogP contribution in [0.1, 0.15) is 33.3 Å². The summed E-state index contributed by atoms with van der Waals surface area (Å²) in [6, 6.07) is 1.87. The summed E-state index contributed by atoms with van der Waals surface area (Å²) in [4.78, 5) is 49.6. The Hall–Kier alpha value is -2.79. The minimum atomic E-state index is -1.20. The third-order valence-corrected chi connectivity index (χ3v) is 5.44. The van der Waals surface area contributed by atoms with Crippen molar-refractivity contribution in [1.29, 1.82) is 0 Å². The van der Waals surface area contributed by atoms with Crippen LogP contribution in [0.15, 0.2) is 24.3 Å². The molecule has 0 heterocycles. The number of nitrogens with one attached hydrogen (secondary N) is 3. The van der Waals surface area contributed by atoms with E-state index in [9.17, 15) is 29.4 Å². The van der Waals surface area contributed by atoms with Crippen molar-refractivity contribution in [2.45, 2.75) is 58.3 Å². The fraction of sp³-hybridized carbons (Fsp3) is 0.545. The molecule has 0 saturated carbocycles. The van der Waals surface area contributed by atoms with Crippen LogP contribution in [0.3, 0.4) is 0 Å². The highest BCUT2D eigenvalue weighted by Crippen LogP contribution is 2.12. The summed E-state index contributed by atoms with van der Waals surface area (Å²) in [6.45, 7) is 6.84. The molecule has 1 aromatic rings. The number of aliphatic carboxylic acids is 1. The number of hydrogen-bond donors (Lipinski definition) is 7. The van der Waals surface area contributed by atoms with Crippen LogP contribution < -0.4 is 21.7 Å². The standard InChI is InChI=1S/C22H34N4O6S/c1-11(2)17(23)21(30)25-16(10-33)20(29)24-15(9-13-5-7-14(27)8-6-13)19(28)26-18(12(3)4)22(31)32/h5-8,11-12,15-18,27,33H,9-10,23H2,1-4H3,(H,24,29)(H,25,30)(H,26,28)(H,31,32). The molecule has 0 aliphatic rings. The Morgan fingerprint density at radius 1 is 0.879 bits per heavy atom. The van der Waals surface area contributed by atoms with Crippen LogP contribution in [0.4, 0.5) is 0 Å². The molecule has 0 aliphatic carbocycles. The molecule has 1 rings (SSSR count). The smallest absolute Gasteiger partial charge is 0.326 e. The van der Waals surface area contributed by atoms with Crippen LogP contribution in [-0.2, 0) is 25.6 Å². The van der Waals surface area contributed by atoms with E-state index >= 15 is 0 Å². The molecule has 1 aromatic carbocycles. The van der Waals surface area contributed by atoms with Crippen molar-refractivity contribution in [2.24, 2.45) is 17.6 Å². The average molecular weight is 483 g/mol. The monoisotopic (exact) mass is 482 g/mol. The van der Waals surface area contributed by atoms with Crippen molar-refractivity contribution >= 4 is 36.3 Å². The summed E-state index contributed by atoms with van der Waals surface area (Å²) in [5, 5.41) is 26.4. The van der Waals surface area contributed by atoms with Gasteiger partial charge in [-0.3, -0.25) is 14.4 Å². The second kappa shape index (κ2) is 13.0. The third kappa shape index (κ3) is 8.93. The van der Waals surface area contributed by atoms with Gasteiger partial charge in [-0.15, -0.1) is 0 Å². The molecule has 7 N–H and O–H groups in total. The molecule has 184 valence electrons. The number of carbonyl (C=O) groups is 4. The lowest BCUT2D eigenvalue weighted by Gasteiger charge is -2.26. The van der Waals surface area contributed by atoms with Gasteiger partial charge in [0.25, 0.3) is 0 Å². The molecule has 0 aromatic heterocycles. The van der Waals surface area contributed by atoms with E-state index in [1.807, 2.05) is 0 Å². The van der Waals surface area contributed by atoms with Gasteiger partial charge in [0.2, 0.25) is 17.7 Å². The van der Waals surface area contributed by atoms with E-state index in [0.29, 0.717) is 5.56 Å². The first-order valence-corrected chi connectivity index (χ1v) is 11.3. The number of phenols is 1. The predicted molar refractivity (Wildman–Crippen MR) is 127 cm³/mol. The van der Waals surface area contributed by atoms with Gasteiger partial charge in [-0.05, 0) is 29.5 Å². The van der Waals surface area contributed by atoms with Crippen LogP contribution in [0, 0.1) is 11.8 Å². The lowest BCUT2D eigenvalue weighted by atomic mass is 10.0. The van der Waals surface area contributed by atoms with Crippen LogP contribution in [0.25, 0.3) is 0 Å². The SMILES string of the molecule is CC(C)C(N)C(=O)NC(CS)C(=O)NC(Cc1ccc(O)cc1)C(=O)NC(C(=O)O)C(C)C. The van der Waals surface area contributed by atoms with Gasteiger partial charge in [0.1, 0.15) is 23.9 Å². The van der Waals surface area contributed by atoms with Crippen LogP contribution >= 0.6 is 12.6 Å². The maximum Gasteiger partial charge on any atom is 0.326 e. The van der Waals surface area contributed by atoms with Gasteiger partial charge < -0.3 is 31.9 Å². The van der Waals surface area contributed by atoms with Gasteiger partial charge in [-0.1, -0.05) is 39.8 Å². The molecule has 0 spiro atoms. The van der Waals surface area contributed by atoms with Crippen molar-refractivity contribution in [3.63, 3.8) is 0 Å². The van der Waals surface area contributed by atoms with Gasteiger partial charge in [0.15, 0.2) is 0 Å². The largest absolute Gasteiger partial charge is 0.508 e. The predicted octanol–water partition coefficient (Wildman–Crippen LogP) is 0.0428. The Morgan fingerprint density at radius 2 is 1.39 bits per heavy atom. The van der Waals surface area contributed by atoms with Crippen LogP contribution in [0.2, 0.25) is 0 Å². The summed E-state index contributed by atoms with van der Waals surface area (Å²) in [6.07, 6.45) is 0.0288. The summed E-state index contributed by atoms with van der Waals surface area (Å²) in [5.74, 6) is -3.62. The highest BCUT2D eigenvalue weighted by Gasteiger charge is 2.31. The summed E-state index contributed by atoms with van der Waals surface area (Å²) in [5.41, 5.74) is 6.45. The van der Waals surface area contributed by atoms with Gasteiger partial charge in [0, 0.05) is 12.2 Å². The Bertz CT molecular complexity index is 831. The molecule has 3 amide bonds. The van der Waals surface area contributed by atoms with Crippen molar-refractivity contribution in [1.82, 2.24) is 16.0 Å². The topological polar surface area (TPSA) is 171 Å². The normalized spacial score (nSPS) is 14.8. The minimum Gasteiger partial charge on any atom is -0.508 e. The maximum absolute atomic E-state index is 12.9. The van der Waals surface area contributed by atoms with E-state index in [2.05, 4.69) is 28.6 Å². The first kappa shape index (κ1) is 28.2. The highest BCUT2D eigenvalue weighted by molar-refractivity contribution is 7.80. The highest BCUT2D eigenvalue weighted by atomic mass is 32.1. The number of carbonyl (C=O) groups excluding carboxylic acids is 3. The van der Waals surface area contributed by atoms with Crippen LogP contribution in [0.5, 0.6) is 5.75 Å². The van der Waals surface area contributed by atoms with Gasteiger partial charge >= 0.3 is 5.97 Å². The molecule has 33 heavy (non-hydrogen) atoms. The summed E-state index contributed by atoms with van der Waals surface area (Å²) < 4.78 is 0. The number of amides is 3. The number of benzene rings is 1. The fourth-order valence-electron chi connectivity index (χ4n) is 2.88. The molecule has 4 unspecified atom stereocenters. The Morgan fingerprint density at radius 3 is 1.85 bits per heavy atom. The zero-order chi connectivity index (χ0) is 25.3. The van der Waals surface area contributed by atoms with E-state index in [1.54, 1.807) is 39.8 Å². The number of aromatic hydroxyl groups is 1. The number of phenolic OH excluding ortho intramolecular Hbond substituents is 1. The van der Waals surface area contributed by atoms with Crippen molar-refractivity contribution in [3.8, 4) is 5.75 Å². The summed E-state index contributed by atoms with van der Waals surface area (Å²) >= 11 is 4.12. The van der Waals surface area contributed by atoms with E-state index < -0.39 is 53.8 Å². The number of hydrogen-bond acceptors (Lipinski definition) is 7. The zero-order valence-electron chi connectivity index (χ0n) is 19.2. The lowest BCUT2D eigenvalue weighted by molar-refractivity contribution is -0.143. The van der Waals surface area contributed by atoms with Crippen molar-refractivity contribution < 1.29 is 29.4 Å². The molecule has 0 radical (unpaired) electrons. The average Bonchev–Trinajstić information content (AvgIpc) is 2.75. The second-order valence-electron chi connectivity index (χ2n) is 8.51. The van der Waals surface area contributed by atoms with Crippen molar-refractivity contribution in [3.05, 3.63) is 29.8 Å². The number of nitrogens with two attached hydrogens (primary N) is 1. The van der Waals surface area contributed by atoms with Gasteiger partial charge in [-0.2, -0.15) is 12.6 Å². The molecule has 0 saturated heterocycles.